The van der Waals surface area contributed by atoms with Gasteiger partial charge in [-0.2, -0.15) is 0 Å². The summed E-state index contributed by atoms with van der Waals surface area (Å²) in [7, 11) is 10.9. The molecule has 3 aromatic carbocycles. The molecule has 590 valence electrons. The molecule has 2 heterocycles. The molecule has 0 spiro atoms. The van der Waals surface area contributed by atoms with Crippen LogP contribution in [0.15, 0.2) is 91.0 Å². The van der Waals surface area contributed by atoms with Gasteiger partial charge in [0.05, 0.1) is 12.5 Å². The van der Waals surface area contributed by atoms with Gasteiger partial charge in [0.1, 0.15) is 72.5 Å². The average Bonchev–Trinajstić information content (AvgIpc) is 0.812. The molecule has 5 rings (SSSR count). The van der Waals surface area contributed by atoms with Crippen LogP contribution in [0.3, 0.4) is 0 Å². The van der Waals surface area contributed by atoms with E-state index in [-0.39, 0.29) is 49.8 Å². The number of hydrogen-bond donors (Lipinski definition) is 5. The second kappa shape index (κ2) is 40.6. The third kappa shape index (κ3) is 23.4. The van der Waals surface area contributed by atoms with Crippen LogP contribution in [-0.4, -0.2) is 274 Å². The topological polar surface area (TPSA) is 319 Å². The Hall–Kier alpha value is -9.27. The smallest absolute Gasteiger partial charge is 0.248 e. The number of hydrogen-bond acceptors (Lipinski definition) is 14. The number of aliphatic hydroxyl groups is 1. The van der Waals surface area contributed by atoms with Crippen molar-refractivity contribution < 1.29 is 67.4 Å². The van der Waals surface area contributed by atoms with E-state index in [4.69, 9.17) is 0 Å². The first-order chi connectivity index (χ1) is 50.3. The highest BCUT2D eigenvalue weighted by Gasteiger charge is 2.46. The number of carbonyl (C=O) groups excluding carboxylic acids is 13. The number of benzene rings is 3. The maximum absolute atomic E-state index is 16.0. The first kappa shape index (κ1) is 88.4. The van der Waals surface area contributed by atoms with Crippen molar-refractivity contribution in [3.05, 3.63) is 108 Å². The minimum atomic E-state index is -1.88. The molecule has 2 fully saturated rings. The molecule has 2 aliphatic rings. The van der Waals surface area contributed by atoms with Crippen molar-refractivity contribution in [1.29, 1.82) is 0 Å². The van der Waals surface area contributed by atoms with Gasteiger partial charge in [-0.05, 0) is 100 Å². The average molecular weight is 1490 g/mol. The van der Waals surface area contributed by atoms with E-state index >= 15 is 38.4 Å². The summed E-state index contributed by atoms with van der Waals surface area (Å²) in [6.07, 6.45) is 0.368. The van der Waals surface area contributed by atoms with E-state index in [0.717, 1.165) is 43.8 Å². The molecule has 0 bridgehead atoms. The van der Waals surface area contributed by atoms with Gasteiger partial charge in [0, 0.05) is 88.7 Å². The van der Waals surface area contributed by atoms with Crippen LogP contribution >= 0.6 is 0 Å². The molecule has 1 unspecified atom stereocenters. The molecule has 13 amide bonds. The SMILES string of the molecule is CC[C@H](C)[C@@H]1NC(=O)[C@H](CC(C)C)N(C)C(=O)[C@H](CC(C)C)N(C)C(=O)[C@H](C)N(C)C(=O)[C@H]([C@@H](C)O)NC(=O)C(Cc2ccccc2)N(C)C(=O)[C@@H](C)N(C)C(=O)C[C@@H](C(=O)N(C)[C@@H](Cc2ccccc2)C(=O)N(C)[C@@H](Cc2ccccc2)C(=O)N[C@@H](C)C(=O)N2CCCCC2)NC(=O)[C@H](C(C)C)N(C)C1=O. The van der Waals surface area contributed by atoms with Crippen LogP contribution in [-0.2, 0) is 81.6 Å². The number of likely N-dealkylation sites (N-methyl/N-ethyl adjacent to an activating group) is 8. The number of rotatable bonds is 21. The highest BCUT2D eigenvalue weighted by molar-refractivity contribution is 6.01. The lowest BCUT2D eigenvalue weighted by Gasteiger charge is -2.39. The number of nitrogens with one attached hydrogen (secondary N) is 4. The molecule has 27 nitrogen and oxygen atoms in total. The highest BCUT2D eigenvalue weighted by Crippen LogP contribution is 2.25. The van der Waals surface area contributed by atoms with E-state index in [1.807, 2.05) is 34.6 Å². The molecule has 0 radical (unpaired) electrons. The van der Waals surface area contributed by atoms with E-state index in [0.29, 0.717) is 36.2 Å². The van der Waals surface area contributed by atoms with Crippen LogP contribution in [0.1, 0.15) is 145 Å². The lowest BCUT2D eigenvalue weighted by Crippen LogP contribution is -2.63. The molecule has 5 N–H and O–H groups in total. The van der Waals surface area contributed by atoms with E-state index in [1.54, 1.807) is 124 Å². The molecule has 3 aromatic rings. The zero-order valence-corrected chi connectivity index (χ0v) is 66.7. The molecular formula is C80H121N13O14. The molecule has 0 aliphatic carbocycles. The lowest BCUT2D eigenvalue weighted by molar-refractivity contribution is -0.154. The van der Waals surface area contributed by atoms with Crippen LogP contribution in [0, 0.1) is 23.7 Å². The Labute approximate surface area is 633 Å². The zero-order valence-electron chi connectivity index (χ0n) is 66.7. The Kier molecular flexibility index (Phi) is 33.5. The van der Waals surface area contributed by atoms with Crippen molar-refractivity contribution in [2.24, 2.45) is 23.7 Å². The molecule has 2 saturated heterocycles. The Morgan fingerprint density at radius 1 is 0.514 bits per heavy atom. The van der Waals surface area contributed by atoms with E-state index in [2.05, 4.69) is 21.3 Å². The van der Waals surface area contributed by atoms with Gasteiger partial charge in [0.2, 0.25) is 76.8 Å². The predicted molar refractivity (Wildman–Crippen MR) is 408 cm³/mol. The summed E-state index contributed by atoms with van der Waals surface area (Å²) in [5.41, 5.74) is 1.83. The van der Waals surface area contributed by atoms with Crippen LogP contribution in [0.25, 0.3) is 0 Å². The minimum Gasteiger partial charge on any atom is -0.391 e. The molecule has 14 atom stereocenters. The number of nitrogens with zero attached hydrogens (tertiary/aromatic N) is 9. The van der Waals surface area contributed by atoms with Crippen LogP contribution in [0.2, 0.25) is 0 Å². The van der Waals surface area contributed by atoms with Crippen molar-refractivity contribution in [2.75, 3.05) is 69.5 Å². The van der Waals surface area contributed by atoms with E-state index in [1.165, 1.54) is 91.9 Å². The minimum absolute atomic E-state index is 0.0168. The van der Waals surface area contributed by atoms with Crippen molar-refractivity contribution in [1.82, 2.24) is 65.4 Å². The molecular weight excluding hydrogens is 1370 g/mol. The fourth-order valence-corrected chi connectivity index (χ4v) is 13.9. The zero-order chi connectivity index (χ0) is 80.2. The lowest BCUT2D eigenvalue weighted by atomic mass is 9.93. The van der Waals surface area contributed by atoms with Crippen molar-refractivity contribution in [3.63, 3.8) is 0 Å². The first-order valence-corrected chi connectivity index (χ1v) is 37.7. The summed E-state index contributed by atoms with van der Waals surface area (Å²) in [6.45, 7) is 21.1. The summed E-state index contributed by atoms with van der Waals surface area (Å²) in [4.78, 5) is 207. The van der Waals surface area contributed by atoms with Crippen molar-refractivity contribution in [2.45, 2.75) is 226 Å². The highest BCUT2D eigenvalue weighted by atomic mass is 16.3. The number of amides is 13. The predicted octanol–water partition coefficient (Wildman–Crippen LogP) is 3.92. The van der Waals surface area contributed by atoms with E-state index < -0.39 is 168 Å². The van der Waals surface area contributed by atoms with E-state index in [9.17, 15) is 29.1 Å². The summed E-state index contributed by atoms with van der Waals surface area (Å²) in [6, 6.07) is 9.66. The number of carbonyl (C=O) groups is 13. The Morgan fingerprint density at radius 3 is 1.46 bits per heavy atom. The van der Waals surface area contributed by atoms with Gasteiger partial charge in [-0.15, -0.1) is 0 Å². The second-order valence-corrected chi connectivity index (χ2v) is 30.6. The van der Waals surface area contributed by atoms with Crippen molar-refractivity contribution >= 4 is 76.8 Å². The molecule has 107 heavy (non-hydrogen) atoms. The number of piperidine rings is 1. The summed E-state index contributed by atoms with van der Waals surface area (Å²) < 4.78 is 0. The van der Waals surface area contributed by atoms with Gasteiger partial charge in [-0.1, -0.05) is 153 Å². The van der Waals surface area contributed by atoms with Crippen LogP contribution in [0.4, 0.5) is 0 Å². The number of aliphatic hydroxyl groups excluding tert-OH is 1. The summed E-state index contributed by atoms with van der Waals surface area (Å²) >= 11 is 0. The maximum Gasteiger partial charge on any atom is 0.248 e. The Morgan fingerprint density at radius 2 is 0.963 bits per heavy atom. The Bertz CT molecular complexity index is 3540. The molecule has 2 aliphatic heterocycles. The second-order valence-electron chi connectivity index (χ2n) is 30.6. The molecule has 27 heteroatoms. The molecule has 0 saturated carbocycles. The van der Waals surface area contributed by atoms with Gasteiger partial charge in [0.25, 0.3) is 0 Å². The first-order valence-electron chi connectivity index (χ1n) is 37.7. The summed E-state index contributed by atoms with van der Waals surface area (Å²) in [5.74, 6) is -11.5. The quantitative estimate of drug-likeness (QED) is 0.101. The third-order valence-electron chi connectivity index (χ3n) is 21.3. The van der Waals surface area contributed by atoms with Gasteiger partial charge < -0.3 is 70.5 Å². The monoisotopic (exact) mass is 1490 g/mol. The van der Waals surface area contributed by atoms with Gasteiger partial charge >= 0.3 is 0 Å². The molecule has 0 aromatic heterocycles. The largest absolute Gasteiger partial charge is 0.391 e. The third-order valence-corrected chi connectivity index (χ3v) is 21.3. The fourth-order valence-electron chi connectivity index (χ4n) is 13.9. The van der Waals surface area contributed by atoms with Gasteiger partial charge in [0.15, 0.2) is 0 Å². The standard InChI is InChI=1S/C80H121N13O14/c1-21-51(8)66-79(106)92(20)68(50(6)7)72(99)82-59(76(103)91(19)64(46-58-38-30-24-31-39-58)78(105)89(17)61(44-56-34-26-22-27-35-56)69(96)81-52(9)73(100)93-40-32-25-33-41-93)47-65(95)85(13)53(10)74(101)87(15)62(45-57-36-28-23-29-37-57)71(98)84-67(55(12)94)80(107)86(14)54(11)75(102)90(18)63(43-49(4)5)77(104)88(16)60(42-48(2)3)70(97)83-66/h22-24,26-31,34-39,48-55,59-64,66-68,94H,21,25,32-33,40-47H2,1-20H3,(H,81,96)(H,82,99)(H,83,97)(H,84,98)/t51-,52-,53+,54-,55+,59-,60-,61-,62?,63-,64-,66-,67-,68-/m0/s1. The van der Waals surface area contributed by atoms with Crippen LogP contribution < -0.4 is 21.3 Å². The maximum atomic E-state index is 16.0. The normalized spacial score (nSPS) is 23.8. The fraction of sp³-hybridized carbons (Fsp3) is 0.613. The van der Waals surface area contributed by atoms with Crippen LogP contribution in [0.5, 0.6) is 0 Å². The summed E-state index contributed by atoms with van der Waals surface area (Å²) in [5, 5.41) is 22.6. The number of likely N-dealkylation sites (tertiary alicyclic amines) is 1. The van der Waals surface area contributed by atoms with Gasteiger partial charge in [-0.25, -0.2) is 0 Å². The van der Waals surface area contributed by atoms with Gasteiger partial charge in [-0.3, -0.25) is 62.3 Å². The van der Waals surface area contributed by atoms with Crippen molar-refractivity contribution in [3.8, 4) is 0 Å². The Balaban J connectivity index is 1.72.